The second-order valence-electron chi connectivity index (χ2n) is 4.47. The van der Waals surface area contributed by atoms with E-state index in [4.69, 9.17) is 10.5 Å². The molecule has 1 rings (SSSR count). The van der Waals surface area contributed by atoms with Gasteiger partial charge in [-0.15, -0.1) is 0 Å². The van der Waals surface area contributed by atoms with E-state index < -0.39 is 23.5 Å². The van der Waals surface area contributed by atoms with Crippen molar-refractivity contribution < 1.29 is 29.0 Å². The van der Waals surface area contributed by atoms with Crippen LogP contribution in [0.1, 0.15) is 12.8 Å². The first-order valence-electron chi connectivity index (χ1n) is 6.21. The third-order valence-corrected chi connectivity index (χ3v) is 3.12. The molecule has 0 aromatic rings. The van der Waals surface area contributed by atoms with E-state index in [1.807, 2.05) is 0 Å². The molecular weight excluding hydrogens is 270 g/mol. The van der Waals surface area contributed by atoms with Crippen LogP contribution < -0.4 is 16.4 Å². The van der Waals surface area contributed by atoms with Crippen LogP contribution in [0.15, 0.2) is 0 Å². The summed E-state index contributed by atoms with van der Waals surface area (Å²) in [5.41, 5.74) is 3.76. The molecule has 20 heavy (non-hydrogen) atoms. The van der Waals surface area contributed by atoms with E-state index in [0.29, 0.717) is 26.1 Å². The molecule has 0 atom stereocenters. The average Bonchev–Trinajstić information content (AvgIpc) is 2.42. The first-order valence-corrected chi connectivity index (χ1v) is 6.21. The van der Waals surface area contributed by atoms with Gasteiger partial charge >= 0.3 is 18.1 Å². The zero-order valence-corrected chi connectivity index (χ0v) is 11.0. The third-order valence-electron chi connectivity index (χ3n) is 3.12. The first kappa shape index (κ1) is 16.0. The predicted molar refractivity (Wildman–Crippen MR) is 67.1 cm³/mol. The molecule has 1 fully saturated rings. The van der Waals surface area contributed by atoms with Crippen molar-refractivity contribution in [3.05, 3.63) is 0 Å². The number of hydrogen-bond acceptors (Lipinski definition) is 5. The molecule has 0 unspecified atom stereocenters. The highest BCUT2D eigenvalue weighted by molar-refractivity contribution is 5.78. The van der Waals surface area contributed by atoms with E-state index in [2.05, 4.69) is 15.4 Å². The maximum atomic E-state index is 11.5. The fourth-order valence-corrected chi connectivity index (χ4v) is 1.86. The smallest absolute Gasteiger partial charge is 0.404 e. The lowest BCUT2D eigenvalue weighted by molar-refractivity contribution is -0.154. The molecule has 3 amide bonds. The number of ether oxygens (including phenoxy) is 2. The lowest BCUT2D eigenvalue weighted by atomic mass is 9.80. The predicted octanol–water partition coefficient (Wildman–Crippen LogP) is -0.738. The number of urea groups is 1. The van der Waals surface area contributed by atoms with Crippen LogP contribution in [0, 0.1) is 5.41 Å². The van der Waals surface area contributed by atoms with Gasteiger partial charge in [0.25, 0.3) is 0 Å². The second-order valence-corrected chi connectivity index (χ2v) is 4.47. The van der Waals surface area contributed by atoms with Crippen molar-refractivity contribution in [3.63, 3.8) is 0 Å². The zero-order chi connectivity index (χ0) is 15.0. The van der Waals surface area contributed by atoms with Gasteiger partial charge in [0.2, 0.25) is 0 Å². The Morgan fingerprint density at radius 2 is 1.90 bits per heavy atom. The molecule has 1 saturated heterocycles. The molecule has 0 bridgehead atoms. The van der Waals surface area contributed by atoms with E-state index >= 15 is 0 Å². The van der Waals surface area contributed by atoms with Crippen molar-refractivity contribution in [1.29, 1.82) is 0 Å². The van der Waals surface area contributed by atoms with E-state index in [9.17, 15) is 19.5 Å². The fraction of sp³-hybridized carbons (Fsp3) is 0.727. The number of primary amides is 1. The van der Waals surface area contributed by atoms with Crippen LogP contribution in [0.3, 0.4) is 0 Å². The van der Waals surface area contributed by atoms with E-state index in [0.717, 1.165) is 0 Å². The summed E-state index contributed by atoms with van der Waals surface area (Å²) in [6.45, 7) is 0.803. The number of nitrogens with two attached hydrogens (primary N) is 1. The van der Waals surface area contributed by atoms with Crippen molar-refractivity contribution in [2.75, 3.05) is 32.9 Å². The van der Waals surface area contributed by atoms with Crippen LogP contribution in [-0.4, -0.2) is 56.1 Å². The Kier molecular flexibility index (Phi) is 6.04. The summed E-state index contributed by atoms with van der Waals surface area (Å²) in [5.74, 6) is -0.946. The van der Waals surface area contributed by atoms with Crippen LogP contribution in [0.25, 0.3) is 0 Å². The van der Waals surface area contributed by atoms with Gasteiger partial charge in [0.05, 0.1) is 12.0 Å². The number of carbonyl (C=O) groups is 3. The molecule has 0 saturated carbocycles. The molecule has 1 aliphatic rings. The lowest BCUT2D eigenvalue weighted by Gasteiger charge is -2.33. The monoisotopic (exact) mass is 289 g/mol. The van der Waals surface area contributed by atoms with Crippen molar-refractivity contribution in [3.8, 4) is 0 Å². The molecular formula is C11H19N3O6. The number of rotatable bonds is 6. The molecule has 9 heteroatoms. The van der Waals surface area contributed by atoms with Crippen molar-refractivity contribution in [1.82, 2.24) is 10.6 Å². The number of carboxylic acid groups (broad SMARTS) is 1. The number of amides is 3. The molecule has 0 spiro atoms. The normalized spacial score (nSPS) is 17.0. The minimum atomic E-state index is -0.987. The summed E-state index contributed by atoms with van der Waals surface area (Å²) in [6.07, 6.45) is -0.208. The molecule has 1 heterocycles. The van der Waals surface area contributed by atoms with Gasteiger partial charge in [0, 0.05) is 19.8 Å². The molecule has 9 nitrogen and oxygen atoms in total. The highest BCUT2D eigenvalue weighted by Crippen LogP contribution is 2.29. The molecule has 0 radical (unpaired) electrons. The minimum Gasteiger partial charge on any atom is -0.481 e. The molecule has 114 valence electrons. The van der Waals surface area contributed by atoms with Crippen molar-refractivity contribution >= 4 is 18.1 Å². The third kappa shape index (κ3) is 4.92. The van der Waals surface area contributed by atoms with Crippen LogP contribution >= 0.6 is 0 Å². The highest BCUT2D eigenvalue weighted by atomic mass is 16.5. The average molecular weight is 289 g/mol. The van der Waals surface area contributed by atoms with Crippen LogP contribution in [0.2, 0.25) is 0 Å². The van der Waals surface area contributed by atoms with E-state index in [-0.39, 0.29) is 19.7 Å². The lowest BCUT2D eigenvalue weighted by Crippen LogP contribution is -2.49. The van der Waals surface area contributed by atoms with Crippen LogP contribution in [0.4, 0.5) is 9.59 Å². The maximum Gasteiger partial charge on any atom is 0.404 e. The Labute approximate surface area is 115 Å². The van der Waals surface area contributed by atoms with Gasteiger partial charge in [-0.1, -0.05) is 0 Å². The topological polar surface area (TPSA) is 140 Å². The fourth-order valence-electron chi connectivity index (χ4n) is 1.86. The van der Waals surface area contributed by atoms with Gasteiger partial charge in [-0.3, -0.25) is 4.79 Å². The summed E-state index contributed by atoms with van der Waals surface area (Å²) in [4.78, 5) is 33.1. The minimum absolute atomic E-state index is 0.0220. The summed E-state index contributed by atoms with van der Waals surface area (Å²) in [7, 11) is 0. The molecule has 1 aliphatic heterocycles. The summed E-state index contributed by atoms with van der Waals surface area (Å²) < 4.78 is 9.56. The number of nitrogens with one attached hydrogen (secondary N) is 2. The van der Waals surface area contributed by atoms with Crippen LogP contribution in [-0.2, 0) is 14.3 Å². The molecule has 5 N–H and O–H groups in total. The highest BCUT2D eigenvalue weighted by Gasteiger charge is 2.40. The maximum absolute atomic E-state index is 11.5. The molecule has 0 aromatic carbocycles. The second kappa shape index (κ2) is 7.53. The van der Waals surface area contributed by atoms with Gasteiger partial charge in [0.1, 0.15) is 6.61 Å². The SMILES string of the molecule is NC(=O)OCCNC(=O)NCC1(C(=O)O)CCOCC1. The van der Waals surface area contributed by atoms with Crippen molar-refractivity contribution in [2.45, 2.75) is 12.8 Å². The molecule has 0 aromatic heterocycles. The van der Waals surface area contributed by atoms with E-state index in [1.54, 1.807) is 0 Å². The van der Waals surface area contributed by atoms with Gasteiger partial charge < -0.3 is 30.9 Å². The first-order chi connectivity index (χ1) is 9.46. The number of hydrogen-bond donors (Lipinski definition) is 4. The van der Waals surface area contributed by atoms with Crippen LogP contribution in [0.5, 0.6) is 0 Å². The Balaban J connectivity index is 2.30. The number of carbonyl (C=O) groups excluding carboxylic acids is 2. The quantitative estimate of drug-likeness (QED) is 0.475. The van der Waals surface area contributed by atoms with Gasteiger partial charge in [-0.2, -0.15) is 0 Å². The number of aliphatic carboxylic acids is 1. The summed E-state index contributed by atoms with van der Waals surface area (Å²) >= 11 is 0. The van der Waals surface area contributed by atoms with Gasteiger partial charge in [0.15, 0.2) is 0 Å². The Hall–Kier alpha value is -2.03. The number of carboxylic acids is 1. The van der Waals surface area contributed by atoms with Crippen molar-refractivity contribution in [2.24, 2.45) is 11.1 Å². The standard InChI is InChI=1S/C11H19N3O6/c12-9(17)20-6-3-13-10(18)14-7-11(8(15)16)1-4-19-5-2-11/h1-7H2,(H2,12,17)(H,15,16)(H2,13,14,18). The summed E-state index contributed by atoms with van der Waals surface area (Å²) in [5, 5.41) is 14.2. The Morgan fingerprint density at radius 3 is 2.45 bits per heavy atom. The zero-order valence-electron chi connectivity index (χ0n) is 11.0. The Bertz CT molecular complexity index is 367. The molecule has 0 aliphatic carbocycles. The van der Waals surface area contributed by atoms with Gasteiger partial charge in [-0.05, 0) is 12.8 Å². The van der Waals surface area contributed by atoms with Gasteiger partial charge in [-0.25, -0.2) is 9.59 Å². The summed E-state index contributed by atoms with van der Waals surface area (Å²) in [6, 6.07) is -0.523. The van der Waals surface area contributed by atoms with E-state index in [1.165, 1.54) is 0 Å². The largest absolute Gasteiger partial charge is 0.481 e. The Morgan fingerprint density at radius 1 is 1.25 bits per heavy atom.